The average molecular weight is 265 g/mol. The Kier molecular flexibility index (Phi) is 7.73. The molecule has 0 aliphatic heterocycles. The molecule has 1 unspecified atom stereocenters. The third-order valence-electron chi connectivity index (χ3n) is 3.54. The first-order chi connectivity index (χ1) is 9.15. The summed E-state index contributed by atoms with van der Waals surface area (Å²) in [4.78, 5) is 0. The minimum atomic E-state index is -0.161. The summed E-state index contributed by atoms with van der Waals surface area (Å²) < 4.78 is 13.0. The van der Waals surface area contributed by atoms with Crippen molar-refractivity contribution in [2.45, 2.75) is 58.9 Å². The predicted octanol–water partition coefficient (Wildman–Crippen LogP) is 5.08. The van der Waals surface area contributed by atoms with E-state index in [-0.39, 0.29) is 5.82 Å². The zero-order valence-corrected chi connectivity index (χ0v) is 12.6. The van der Waals surface area contributed by atoms with Gasteiger partial charge in [-0.25, -0.2) is 4.39 Å². The topological polar surface area (TPSA) is 12.0 Å². The van der Waals surface area contributed by atoms with E-state index in [1.807, 2.05) is 12.1 Å². The zero-order chi connectivity index (χ0) is 14.1. The minimum Gasteiger partial charge on any atom is -0.310 e. The van der Waals surface area contributed by atoms with Crippen LogP contribution < -0.4 is 5.32 Å². The second kappa shape index (κ2) is 9.08. The summed E-state index contributed by atoms with van der Waals surface area (Å²) in [7, 11) is 0. The standard InChI is InChI=1S/C17H28FN/c1-4-5-6-7-8-13-19-17(14(2)3)15-9-11-16(18)12-10-15/h9-12,14,17,19H,4-8,13H2,1-3H3. The Morgan fingerprint density at radius 2 is 1.63 bits per heavy atom. The molecule has 2 heteroatoms. The van der Waals surface area contributed by atoms with E-state index < -0.39 is 0 Å². The Labute approximate surface area is 117 Å². The van der Waals surface area contributed by atoms with Crippen LogP contribution in [0.15, 0.2) is 24.3 Å². The number of unbranched alkanes of at least 4 members (excludes halogenated alkanes) is 4. The van der Waals surface area contributed by atoms with Gasteiger partial charge in [0.2, 0.25) is 0 Å². The molecule has 0 bridgehead atoms. The largest absolute Gasteiger partial charge is 0.310 e. The zero-order valence-electron chi connectivity index (χ0n) is 12.6. The van der Waals surface area contributed by atoms with Gasteiger partial charge in [0.05, 0.1) is 0 Å². The van der Waals surface area contributed by atoms with Crippen molar-refractivity contribution in [2.24, 2.45) is 5.92 Å². The summed E-state index contributed by atoms with van der Waals surface area (Å²) in [6, 6.07) is 7.21. The van der Waals surface area contributed by atoms with E-state index in [4.69, 9.17) is 0 Å². The Bertz CT molecular complexity index is 332. The Balaban J connectivity index is 2.39. The average Bonchev–Trinajstić information content (AvgIpc) is 2.39. The van der Waals surface area contributed by atoms with Crippen molar-refractivity contribution in [3.8, 4) is 0 Å². The van der Waals surface area contributed by atoms with Crippen molar-refractivity contribution < 1.29 is 4.39 Å². The van der Waals surface area contributed by atoms with Crippen molar-refractivity contribution in [1.29, 1.82) is 0 Å². The molecule has 0 spiro atoms. The molecular weight excluding hydrogens is 237 g/mol. The molecule has 0 saturated carbocycles. The highest BCUT2D eigenvalue weighted by atomic mass is 19.1. The fourth-order valence-corrected chi connectivity index (χ4v) is 2.39. The Morgan fingerprint density at radius 3 is 2.21 bits per heavy atom. The van der Waals surface area contributed by atoms with Gasteiger partial charge in [-0.05, 0) is 36.6 Å². The van der Waals surface area contributed by atoms with Crippen LogP contribution in [0, 0.1) is 11.7 Å². The molecule has 0 aliphatic rings. The first-order valence-electron chi connectivity index (χ1n) is 7.64. The molecule has 0 aliphatic carbocycles. The van der Waals surface area contributed by atoms with Crippen molar-refractivity contribution in [3.63, 3.8) is 0 Å². The maximum atomic E-state index is 13.0. The summed E-state index contributed by atoms with van der Waals surface area (Å²) in [5.74, 6) is 0.354. The van der Waals surface area contributed by atoms with Gasteiger partial charge in [0.15, 0.2) is 0 Å². The van der Waals surface area contributed by atoms with Gasteiger partial charge < -0.3 is 5.32 Å². The Hall–Kier alpha value is -0.890. The number of rotatable bonds is 9. The molecule has 19 heavy (non-hydrogen) atoms. The van der Waals surface area contributed by atoms with Crippen LogP contribution in [0.3, 0.4) is 0 Å². The first-order valence-corrected chi connectivity index (χ1v) is 7.64. The molecule has 0 radical (unpaired) electrons. The van der Waals surface area contributed by atoms with E-state index in [0.717, 1.165) is 6.54 Å². The van der Waals surface area contributed by atoms with E-state index >= 15 is 0 Å². The van der Waals surface area contributed by atoms with Crippen molar-refractivity contribution in [3.05, 3.63) is 35.6 Å². The SMILES string of the molecule is CCCCCCCNC(c1ccc(F)cc1)C(C)C. The molecule has 0 saturated heterocycles. The molecule has 1 aromatic rings. The van der Waals surface area contributed by atoms with Crippen LogP contribution in [0.5, 0.6) is 0 Å². The van der Waals surface area contributed by atoms with Gasteiger partial charge in [0.1, 0.15) is 5.82 Å². The van der Waals surface area contributed by atoms with Crippen LogP contribution in [0.4, 0.5) is 4.39 Å². The minimum absolute atomic E-state index is 0.161. The predicted molar refractivity (Wildman–Crippen MR) is 80.7 cm³/mol. The third-order valence-corrected chi connectivity index (χ3v) is 3.54. The van der Waals surface area contributed by atoms with Crippen LogP contribution in [0.2, 0.25) is 0 Å². The molecule has 1 N–H and O–H groups in total. The molecule has 0 amide bonds. The summed E-state index contributed by atoms with van der Waals surface area (Å²) in [5.41, 5.74) is 1.19. The number of nitrogens with one attached hydrogen (secondary N) is 1. The highest BCUT2D eigenvalue weighted by Crippen LogP contribution is 2.21. The monoisotopic (exact) mass is 265 g/mol. The highest BCUT2D eigenvalue weighted by molar-refractivity contribution is 5.20. The number of benzene rings is 1. The molecule has 1 rings (SSSR count). The molecule has 1 nitrogen and oxygen atoms in total. The second-order valence-electron chi connectivity index (χ2n) is 5.64. The van der Waals surface area contributed by atoms with Crippen molar-refractivity contribution in [1.82, 2.24) is 5.32 Å². The lowest BCUT2D eigenvalue weighted by Crippen LogP contribution is -2.26. The fraction of sp³-hybridized carbons (Fsp3) is 0.647. The molecule has 0 fully saturated rings. The maximum absolute atomic E-state index is 13.0. The van der Waals surface area contributed by atoms with Crippen molar-refractivity contribution in [2.75, 3.05) is 6.54 Å². The van der Waals surface area contributed by atoms with E-state index in [0.29, 0.717) is 12.0 Å². The molecule has 108 valence electrons. The smallest absolute Gasteiger partial charge is 0.123 e. The van der Waals surface area contributed by atoms with Gasteiger partial charge in [-0.15, -0.1) is 0 Å². The fourth-order valence-electron chi connectivity index (χ4n) is 2.39. The molecule has 0 heterocycles. The number of halogens is 1. The van der Waals surface area contributed by atoms with E-state index in [9.17, 15) is 4.39 Å². The van der Waals surface area contributed by atoms with Gasteiger partial charge in [0.25, 0.3) is 0 Å². The van der Waals surface area contributed by atoms with Gasteiger partial charge in [-0.3, -0.25) is 0 Å². The molecule has 0 aromatic heterocycles. The number of hydrogen-bond donors (Lipinski definition) is 1. The summed E-state index contributed by atoms with van der Waals surface area (Å²) in [6.45, 7) is 7.70. The normalized spacial score (nSPS) is 12.9. The summed E-state index contributed by atoms with van der Waals surface area (Å²) in [5, 5.41) is 3.61. The van der Waals surface area contributed by atoms with Crippen LogP contribution >= 0.6 is 0 Å². The third kappa shape index (κ3) is 6.20. The molecular formula is C17H28FN. The van der Waals surface area contributed by atoms with E-state index in [2.05, 4.69) is 26.1 Å². The first kappa shape index (κ1) is 16.2. The van der Waals surface area contributed by atoms with Gasteiger partial charge in [-0.2, -0.15) is 0 Å². The lowest BCUT2D eigenvalue weighted by atomic mass is 9.96. The Morgan fingerprint density at radius 1 is 1.00 bits per heavy atom. The van der Waals surface area contributed by atoms with Crippen LogP contribution in [-0.2, 0) is 0 Å². The molecule has 1 atom stereocenters. The quantitative estimate of drug-likeness (QED) is 0.614. The van der Waals surface area contributed by atoms with E-state index in [1.165, 1.54) is 37.7 Å². The summed E-state index contributed by atoms with van der Waals surface area (Å²) >= 11 is 0. The maximum Gasteiger partial charge on any atom is 0.123 e. The van der Waals surface area contributed by atoms with Gasteiger partial charge >= 0.3 is 0 Å². The van der Waals surface area contributed by atoms with Gasteiger partial charge in [-0.1, -0.05) is 58.6 Å². The van der Waals surface area contributed by atoms with Crippen molar-refractivity contribution >= 4 is 0 Å². The summed E-state index contributed by atoms with van der Waals surface area (Å²) in [6.07, 6.45) is 6.49. The highest BCUT2D eigenvalue weighted by Gasteiger charge is 2.14. The number of hydrogen-bond acceptors (Lipinski definition) is 1. The van der Waals surface area contributed by atoms with E-state index in [1.54, 1.807) is 12.1 Å². The van der Waals surface area contributed by atoms with Crippen LogP contribution in [-0.4, -0.2) is 6.54 Å². The second-order valence-corrected chi connectivity index (χ2v) is 5.64. The van der Waals surface area contributed by atoms with Crippen LogP contribution in [0.1, 0.15) is 64.5 Å². The van der Waals surface area contributed by atoms with Crippen LogP contribution in [0.25, 0.3) is 0 Å². The lowest BCUT2D eigenvalue weighted by molar-refractivity contribution is 0.404. The molecule has 1 aromatic carbocycles. The van der Waals surface area contributed by atoms with Gasteiger partial charge in [0, 0.05) is 6.04 Å². The lowest BCUT2D eigenvalue weighted by Gasteiger charge is -2.23.